The molecule has 1 amide bonds. The van der Waals surface area contributed by atoms with Crippen molar-refractivity contribution < 1.29 is 23.4 Å². The minimum atomic E-state index is -2.70. The summed E-state index contributed by atoms with van der Waals surface area (Å²) in [5, 5.41) is 11.0. The number of aliphatic hydroxyl groups is 1. The van der Waals surface area contributed by atoms with Gasteiger partial charge in [0.1, 0.15) is 5.69 Å². The van der Waals surface area contributed by atoms with E-state index in [0.717, 1.165) is 32.1 Å². The van der Waals surface area contributed by atoms with E-state index < -0.39 is 24.1 Å². The first-order chi connectivity index (χ1) is 13.8. The molecule has 29 heavy (non-hydrogen) atoms. The highest BCUT2D eigenvalue weighted by Gasteiger charge is 2.59. The van der Waals surface area contributed by atoms with E-state index in [1.165, 1.54) is 4.90 Å². The summed E-state index contributed by atoms with van der Waals surface area (Å²) in [6, 6.07) is 2.78. The number of alkyl halides is 2. The molecule has 7 nitrogen and oxygen atoms in total. The third kappa shape index (κ3) is 3.44. The number of aliphatic hydroxyl groups excluding tert-OH is 1. The molecule has 1 unspecified atom stereocenters. The van der Waals surface area contributed by atoms with Crippen LogP contribution in [0.15, 0.2) is 12.1 Å². The summed E-state index contributed by atoms with van der Waals surface area (Å²) in [4.78, 5) is 19.8. The van der Waals surface area contributed by atoms with Gasteiger partial charge in [-0.1, -0.05) is 0 Å². The number of carbonyl (C=O) groups is 1. The zero-order valence-electron chi connectivity index (χ0n) is 16.2. The van der Waals surface area contributed by atoms with E-state index in [-0.39, 0.29) is 24.4 Å². The number of halogens is 2. The Morgan fingerprint density at radius 2 is 2.03 bits per heavy atom. The first-order valence-corrected chi connectivity index (χ1v) is 10.3. The maximum atomic E-state index is 13.3. The van der Waals surface area contributed by atoms with Gasteiger partial charge in [-0.3, -0.25) is 9.69 Å². The molecule has 2 aliphatic carbocycles. The fraction of sp³-hybridized carbons (Fsp3) is 0.700. The Morgan fingerprint density at radius 3 is 2.62 bits per heavy atom. The molecule has 1 aromatic heterocycles. The van der Waals surface area contributed by atoms with Crippen molar-refractivity contribution in [2.24, 2.45) is 17.1 Å². The molecule has 2 aliphatic heterocycles. The summed E-state index contributed by atoms with van der Waals surface area (Å²) < 4.78 is 32.5. The van der Waals surface area contributed by atoms with Crippen molar-refractivity contribution in [3.63, 3.8) is 0 Å². The van der Waals surface area contributed by atoms with Gasteiger partial charge in [0.05, 0.1) is 31.4 Å². The van der Waals surface area contributed by atoms with Gasteiger partial charge >= 0.3 is 0 Å². The Bertz CT molecular complexity index is 820. The van der Waals surface area contributed by atoms with E-state index in [4.69, 9.17) is 10.5 Å². The Hall–Kier alpha value is -2.00. The Morgan fingerprint density at radius 1 is 1.31 bits per heavy atom. The minimum absolute atomic E-state index is 0.110. The summed E-state index contributed by atoms with van der Waals surface area (Å²) in [7, 11) is 0. The number of hydrogen-bond donors (Lipinski definition) is 2. The van der Waals surface area contributed by atoms with Crippen molar-refractivity contribution in [3.05, 3.63) is 17.8 Å². The first-order valence-electron chi connectivity index (χ1n) is 10.3. The van der Waals surface area contributed by atoms with Crippen LogP contribution in [0.2, 0.25) is 0 Å². The number of pyridine rings is 1. The summed E-state index contributed by atoms with van der Waals surface area (Å²) >= 11 is 0. The number of likely N-dealkylation sites (tertiary alicyclic amines) is 1. The van der Waals surface area contributed by atoms with Gasteiger partial charge in [-0.2, -0.15) is 0 Å². The number of ether oxygens (including phenoxy) is 1. The lowest BCUT2D eigenvalue weighted by atomic mass is 9.96. The maximum absolute atomic E-state index is 13.3. The molecular formula is C20H26F2N4O3. The second-order valence-electron chi connectivity index (χ2n) is 9.06. The molecule has 4 aliphatic rings. The molecule has 2 saturated heterocycles. The van der Waals surface area contributed by atoms with Crippen LogP contribution in [0.25, 0.3) is 0 Å². The monoisotopic (exact) mass is 408 g/mol. The zero-order chi connectivity index (χ0) is 20.4. The second-order valence-corrected chi connectivity index (χ2v) is 9.06. The van der Waals surface area contributed by atoms with Crippen molar-refractivity contribution in [1.29, 1.82) is 0 Å². The predicted molar refractivity (Wildman–Crippen MR) is 101 cm³/mol. The van der Waals surface area contributed by atoms with Gasteiger partial charge in [0.15, 0.2) is 6.23 Å². The number of aromatic nitrogens is 1. The van der Waals surface area contributed by atoms with Crippen molar-refractivity contribution in [2.75, 3.05) is 31.1 Å². The van der Waals surface area contributed by atoms with E-state index >= 15 is 0 Å². The van der Waals surface area contributed by atoms with E-state index in [2.05, 4.69) is 4.98 Å². The van der Waals surface area contributed by atoms with Gasteiger partial charge in [-0.05, 0) is 55.6 Å². The van der Waals surface area contributed by atoms with Gasteiger partial charge in [0.2, 0.25) is 11.8 Å². The second kappa shape index (κ2) is 6.50. The number of rotatable bonds is 7. The fourth-order valence-corrected chi connectivity index (χ4v) is 4.65. The standard InChI is InChI=1S/C20H26F2N4O3/c21-20(22)10-25(11-20)14-4-3-13(24-17(14)29-9-12-1-2-12)18(28)26-8-7-19(5-6-19)15(26)16(23)27/h3-4,12,15,18,28H,1-2,5-11H2,(H2,23,27)/t15-,18?/m1/s1. The van der Waals surface area contributed by atoms with E-state index in [1.54, 1.807) is 17.0 Å². The van der Waals surface area contributed by atoms with Crippen molar-refractivity contribution in [2.45, 2.75) is 50.3 Å². The van der Waals surface area contributed by atoms with Crippen LogP contribution in [0.5, 0.6) is 5.88 Å². The van der Waals surface area contributed by atoms with Gasteiger partial charge in [-0.25, -0.2) is 13.8 Å². The van der Waals surface area contributed by atoms with Crippen LogP contribution in [0, 0.1) is 11.3 Å². The Labute approximate surface area is 167 Å². The predicted octanol–water partition coefficient (Wildman–Crippen LogP) is 1.66. The van der Waals surface area contributed by atoms with Crippen molar-refractivity contribution in [3.8, 4) is 5.88 Å². The number of nitrogens with two attached hydrogens (primary N) is 1. The molecule has 1 spiro atoms. The number of carbonyl (C=O) groups excluding carboxylic acids is 1. The van der Waals surface area contributed by atoms with E-state index in [1.807, 2.05) is 0 Å². The first kappa shape index (κ1) is 19.0. The van der Waals surface area contributed by atoms with Gasteiger partial charge < -0.3 is 20.5 Å². The van der Waals surface area contributed by atoms with Crippen LogP contribution in [0.1, 0.15) is 44.0 Å². The van der Waals surface area contributed by atoms with Gasteiger partial charge in [-0.15, -0.1) is 0 Å². The topological polar surface area (TPSA) is 91.9 Å². The van der Waals surface area contributed by atoms with Crippen molar-refractivity contribution in [1.82, 2.24) is 9.88 Å². The number of nitrogens with zero attached hydrogens (tertiary/aromatic N) is 3. The lowest BCUT2D eigenvalue weighted by Crippen LogP contribution is -2.56. The zero-order valence-corrected chi connectivity index (χ0v) is 16.2. The Balaban J connectivity index is 1.39. The summed E-state index contributed by atoms with van der Waals surface area (Å²) in [5.41, 5.74) is 6.38. The highest BCUT2D eigenvalue weighted by molar-refractivity contribution is 5.82. The molecule has 0 radical (unpaired) electrons. The molecule has 2 atom stereocenters. The lowest BCUT2D eigenvalue weighted by Gasteiger charge is -2.40. The third-order valence-electron chi connectivity index (χ3n) is 6.72. The highest BCUT2D eigenvalue weighted by Crippen LogP contribution is 2.58. The highest BCUT2D eigenvalue weighted by atomic mass is 19.3. The molecule has 0 bridgehead atoms. The van der Waals surface area contributed by atoms with Crippen LogP contribution in [0.3, 0.4) is 0 Å². The SMILES string of the molecule is NC(=O)[C@H]1N(C(O)c2ccc(N3CC(F)(F)C3)c(OCC3CC3)n2)CCC12CC2. The number of anilines is 1. The molecule has 5 rings (SSSR count). The molecule has 3 N–H and O–H groups in total. The van der Waals surface area contributed by atoms with Crippen LogP contribution in [0.4, 0.5) is 14.5 Å². The molecule has 0 aromatic carbocycles. The maximum Gasteiger partial charge on any atom is 0.282 e. The molecule has 158 valence electrons. The Kier molecular flexibility index (Phi) is 4.26. The molecule has 2 saturated carbocycles. The van der Waals surface area contributed by atoms with Crippen LogP contribution in [-0.4, -0.2) is 59.1 Å². The smallest absolute Gasteiger partial charge is 0.282 e. The van der Waals surface area contributed by atoms with Crippen LogP contribution in [-0.2, 0) is 4.79 Å². The van der Waals surface area contributed by atoms with E-state index in [9.17, 15) is 18.7 Å². The number of amides is 1. The molecule has 1 aromatic rings. The van der Waals surface area contributed by atoms with Crippen LogP contribution < -0.4 is 15.4 Å². The summed E-state index contributed by atoms with van der Waals surface area (Å²) in [6.07, 6.45) is 3.79. The average Bonchev–Trinajstić information content (AvgIpc) is 3.55. The number of primary amides is 1. The van der Waals surface area contributed by atoms with Crippen LogP contribution >= 0.6 is 0 Å². The molecular weight excluding hydrogens is 382 g/mol. The number of hydrogen-bond acceptors (Lipinski definition) is 6. The third-order valence-corrected chi connectivity index (χ3v) is 6.72. The fourth-order valence-electron chi connectivity index (χ4n) is 4.65. The molecule has 9 heteroatoms. The minimum Gasteiger partial charge on any atom is -0.476 e. The van der Waals surface area contributed by atoms with Gasteiger partial charge in [0, 0.05) is 6.54 Å². The lowest BCUT2D eigenvalue weighted by molar-refractivity contribution is -0.128. The molecule has 4 fully saturated rings. The quantitative estimate of drug-likeness (QED) is 0.713. The van der Waals surface area contributed by atoms with Gasteiger partial charge in [0.25, 0.3) is 5.92 Å². The molecule has 3 heterocycles. The van der Waals surface area contributed by atoms with Crippen molar-refractivity contribution >= 4 is 11.6 Å². The normalized spacial score (nSPS) is 28.2. The summed E-state index contributed by atoms with van der Waals surface area (Å²) in [5.74, 6) is -2.39. The van der Waals surface area contributed by atoms with E-state index in [0.29, 0.717) is 30.5 Å². The largest absolute Gasteiger partial charge is 0.476 e. The average molecular weight is 408 g/mol. The summed E-state index contributed by atoms with van der Waals surface area (Å²) in [6.45, 7) is 0.318.